The Morgan fingerprint density at radius 1 is 1.19 bits per heavy atom. The lowest BCUT2D eigenvalue weighted by Crippen LogP contribution is -2.23. The molecule has 0 fully saturated rings. The van der Waals surface area contributed by atoms with E-state index in [1.165, 1.54) is 22.9 Å². The summed E-state index contributed by atoms with van der Waals surface area (Å²) in [4.78, 5) is 30.7. The number of hydrogen-bond acceptors (Lipinski definition) is 4. The van der Waals surface area contributed by atoms with E-state index in [1.807, 2.05) is 6.92 Å². The normalized spacial score (nSPS) is 11.0. The third-order valence-electron chi connectivity index (χ3n) is 3.85. The molecular formula is C18H17F2N3O3. The standard InChI is InChI=1S/C18H17F2N3O3/c1-2-3-4-26-16(24)10-23-17-15(22-18(23)25)7-12(9-21-17)11-5-13(19)8-14(20)6-11/h5-9H,2-4,10H2,1H3,(H,22,25). The van der Waals surface area contributed by atoms with Gasteiger partial charge in [0.05, 0.1) is 12.1 Å². The summed E-state index contributed by atoms with van der Waals surface area (Å²) in [6.45, 7) is 2.02. The van der Waals surface area contributed by atoms with E-state index in [9.17, 15) is 18.4 Å². The Kier molecular flexibility index (Phi) is 5.11. The predicted molar refractivity (Wildman–Crippen MR) is 91.6 cm³/mol. The first-order valence-corrected chi connectivity index (χ1v) is 8.18. The van der Waals surface area contributed by atoms with Crippen LogP contribution in [0.1, 0.15) is 19.8 Å². The maximum absolute atomic E-state index is 13.4. The fourth-order valence-corrected chi connectivity index (χ4v) is 2.57. The van der Waals surface area contributed by atoms with E-state index >= 15 is 0 Å². The van der Waals surface area contributed by atoms with Gasteiger partial charge in [0.1, 0.15) is 18.2 Å². The van der Waals surface area contributed by atoms with Crippen LogP contribution in [-0.4, -0.2) is 27.1 Å². The molecular weight excluding hydrogens is 344 g/mol. The Balaban J connectivity index is 1.90. The van der Waals surface area contributed by atoms with Gasteiger partial charge in [0.25, 0.3) is 0 Å². The highest BCUT2D eigenvalue weighted by atomic mass is 19.1. The smallest absolute Gasteiger partial charge is 0.328 e. The summed E-state index contributed by atoms with van der Waals surface area (Å²) >= 11 is 0. The number of H-pyrrole nitrogens is 1. The number of imidazole rings is 1. The number of halogens is 2. The van der Waals surface area contributed by atoms with Crippen molar-refractivity contribution < 1.29 is 18.3 Å². The zero-order chi connectivity index (χ0) is 18.7. The van der Waals surface area contributed by atoms with Gasteiger partial charge in [-0.25, -0.2) is 18.6 Å². The maximum Gasteiger partial charge on any atom is 0.328 e. The molecule has 0 spiro atoms. The number of aromatic nitrogens is 3. The molecule has 136 valence electrons. The third-order valence-corrected chi connectivity index (χ3v) is 3.85. The number of esters is 1. The van der Waals surface area contributed by atoms with Gasteiger partial charge in [0.15, 0.2) is 5.65 Å². The maximum atomic E-state index is 13.4. The molecule has 26 heavy (non-hydrogen) atoms. The summed E-state index contributed by atoms with van der Waals surface area (Å²) in [5, 5.41) is 0. The van der Waals surface area contributed by atoms with E-state index in [1.54, 1.807) is 6.07 Å². The number of benzene rings is 1. The summed E-state index contributed by atoms with van der Waals surface area (Å²) in [6, 6.07) is 4.67. The number of fused-ring (bicyclic) bond motifs is 1. The topological polar surface area (TPSA) is 77.0 Å². The first kappa shape index (κ1) is 17.8. The van der Waals surface area contributed by atoms with Crippen LogP contribution in [0.3, 0.4) is 0 Å². The van der Waals surface area contributed by atoms with Crippen LogP contribution in [0.15, 0.2) is 35.3 Å². The highest BCUT2D eigenvalue weighted by Gasteiger charge is 2.14. The minimum atomic E-state index is -0.707. The van der Waals surface area contributed by atoms with Crippen molar-refractivity contribution in [2.75, 3.05) is 6.61 Å². The summed E-state index contributed by atoms with van der Waals surface area (Å²) in [6.07, 6.45) is 3.04. The number of carbonyl (C=O) groups excluding carboxylic acids is 1. The second-order valence-corrected chi connectivity index (χ2v) is 5.84. The number of nitrogens with one attached hydrogen (secondary N) is 1. The molecule has 0 unspecified atom stereocenters. The van der Waals surface area contributed by atoms with Crippen LogP contribution in [-0.2, 0) is 16.1 Å². The van der Waals surface area contributed by atoms with Crippen molar-refractivity contribution in [3.05, 3.63) is 52.6 Å². The fourth-order valence-electron chi connectivity index (χ4n) is 2.57. The van der Waals surface area contributed by atoms with E-state index in [0.717, 1.165) is 18.9 Å². The van der Waals surface area contributed by atoms with Crippen molar-refractivity contribution in [2.24, 2.45) is 0 Å². The zero-order valence-electron chi connectivity index (χ0n) is 14.1. The Morgan fingerprint density at radius 2 is 1.92 bits per heavy atom. The highest BCUT2D eigenvalue weighted by molar-refractivity contribution is 5.79. The number of hydrogen-bond donors (Lipinski definition) is 1. The molecule has 0 aliphatic rings. The van der Waals surface area contributed by atoms with Gasteiger partial charge in [0, 0.05) is 17.8 Å². The second kappa shape index (κ2) is 7.47. The van der Waals surface area contributed by atoms with Crippen LogP contribution in [0.2, 0.25) is 0 Å². The first-order chi connectivity index (χ1) is 12.5. The van der Waals surface area contributed by atoms with Gasteiger partial charge >= 0.3 is 11.7 Å². The van der Waals surface area contributed by atoms with Gasteiger partial charge in [-0.15, -0.1) is 0 Å². The summed E-state index contributed by atoms with van der Waals surface area (Å²) in [5.74, 6) is -1.94. The molecule has 1 N–H and O–H groups in total. The van der Waals surface area contributed by atoms with Gasteiger partial charge in [-0.3, -0.25) is 9.36 Å². The van der Waals surface area contributed by atoms with Crippen molar-refractivity contribution in [3.63, 3.8) is 0 Å². The average Bonchev–Trinajstić information content (AvgIpc) is 2.89. The minimum Gasteiger partial charge on any atom is -0.464 e. The van der Waals surface area contributed by atoms with Crippen molar-refractivity contribution in [1.29, 1.82) is 0 Å². The van der Waals surface area contributed by atoms with Crippen LogP contribution in [0.25, 0.3) is 22.3 Å². The number of unbranched alkanes of at least 4 members (excludes halogenated alkanes) is 1. The van der Waals surface area contributed by atoms with E-state index in [2.05, 4.69) is 9.97 Å². The van der Waals surface area contributed by atoms with Crippen molar-refractivity contribution >= 4 is 17.1 Å². The van der Waals surface area contributed by atoms with Gasteiger partial charge < -0.3 is 9.72 Å². The van der Waals surface area contributed by atoms with Crippen LogP contribution in [0.5, 0.6) is 0 Å². The molecule has 6 nitrogen and oxygen atoms in total. The Hall–Kier alpha value is -3.03. The van der Waals surface area contributed by atoms with Crippen molar-refractivity contribution in [2.45, 2.75) is 26.3 Å². The minimum absolute atomic E-state index is 0.260. The summed E-state index contributed by atoms with van der Waals surface area (Å²) in [5.41, 5.74) is 0.850. The largest absolute Gasteiger partial charge is 0.464 e. The molecule has 3 rings (SSSR count). The number of ether oxygens (including phenoxy) is 1. The molecule has 3 aromatic rings. The van der Waals surface area contributed by atoms with E-state index in [-0.39, 0.29) is 12.2 Å². The van der Waals surface area contributed by atoms with E-state index < -0.39 is 23.3 Å². The fraction of sp³-hybridized carbons (Fsp3) is 0.278. The number of carbonyl (C=O) groups is 1. The molecule has 0 bridgehead atoms. The molecule has 0 saturated carbocycles. The number of nitrogens with zero attached hydrogens (tertiary/aromatic N) is 2. The molecule has 8 heteroatoms. The molecule has 0 aliphatic carbocycles. The monoisotopic (exact) mass is 361 g/mol. The predicted octanol–water partition coefficient (Wildman–Crippen LogP) is 3.01. The van der Waals surface area contributed by atoms with Crippen LogP contribution in [0.4, 0.5) is 8.78 Å². The summed E-state index contributed by atoms with van der Waals surface area (Å²) in [7, 11) is 0. The zero-order valence-corrected chi connectivity index (χ0v) is 14.1. The Bertz CT molecular complexity index is 990. The van der Waals surface area contributed by atoms with Crippen molar-refractivity contribution in [1.82, 2.24) is 14.5 Å². The van der Waals surface area contributed by atoms with Crippen LogP contribution in [0, 0.1) is 11.6 Å². The quantitative estimate of drug-likeness (QED) is 0.541. The highest BCUT2D eigenvalue weighted by Crippen LogP contribution is 2.23. The van der Waals surface area contributed by atoms with Gasteiger partial charge in [-0.1, -0.05) is 13.3 Å². The van der Waals surface area contributed by atoms with Gasteiger partial charge in [0.2, 0.25) is 0 Å². The third kappa shape index (κ3) is 3.79. The molecule has 0 aliphatic heterocycles. The average molecular weight is 361 g/mol. The Labute approximate surface area is 147 Å². The number of aromatic amines is 1. The summed E-state index contributed by atoms with van der Waals surface area (Å²) < 4.78 is 33.0. The molecule has 2 heterocycles. The van der Waals surface area contributed by atoms with E-state index in [0.29, 0.717) is 23.3 Å². The molecule has 2 aromatic heterocycles. The van der Waals surface area contributed by atoms with E-state index in [4.69, 9.17) is 4.74 Å². The molecule has 1 aromatic carbocycles. The number of rotatable bonds is 6. The van der Waals surface area contributed by atoms with Crippen LogP contribution < -0.4 is 5.69 Å². The Morgan fingerprint density at radius 3 is 2.62 bits per heavy atom. The van der Waals surface area contributed by atoms with Crippen LogP contribution >= 0.6 is 0 Å². The molecule has 0 radical (unpaired) electrons. The van der Waals surface area contributed by atoms with Crippen molar-refractivity contribution in [3.8, 4) is 11.1 Å². The lowest BCUT2D eigenvalue weighted by atomic mass is 10.1. The molecule has 0 saturated heterocycles. The molecule has 0 atom stereocenters. The first-order valence-electron chi connectivity index (χ1n) is 8.18. The van der Waals surface area contributed by atoms with Gasteiger partial charge in [-0.05, 0) is 30.2 Å². The second-order valence-electron chi connectivity index (χ2n) is 5.84. The lowest BCUT2D eigenvalue weighted by Gasteiger charge is -2.05. The lowest BCUT2D eigenvalue weighted by molar-refractivity contribution is -0.144. The SMILES string of the molecule is CCCCOC(=O)Cn1c(=O)[nH]c2cc(-c3cc(F)cc(F)c3)cnc21. The number of pyridine rings is 1. The molecule has 0 amide bonds. The van der Waals surface area contributed by atoms with Gasteiger partial charge in [-0.2, -0.15) is 0 Å².